The molecule has 0 aliphatic carbocycles. The molecule has 0 radical (unpaired) electrons. The van der Waals surface area contributed by atoms with Crippen LogP contribution < -0.4 is 14.8 Å². The van der Waals surface area contributed by atoms with E-state index in [1.54, 1.807) is 32.4 Å². The van der Waals surface area contributed by atoms with E-state index in [4.69, 9.17) is 14.2 Å². The van der Waals surface area contributed by atoms with E-state index in [-0.39, 0.29) is 18.0 Å². The first kappa shape index (κ1) is 25.8. The van der Waals surface area contributed by atoms with Gasteiger partial charge in [-0.05, 0) is 36.7 Å². The van der Waals surface area contributed by atoms with Crippen LogP contribution in [0.4, 0.5) is 4.79 Å². The first-order valence-corrected chi connectivity index (χ1v) is 12.5. The van der Waals surface area contributed by atoms with Crippen LogP contribution in [0.2, 0.25) is 0 Å². The van der Waals surface area contributed by atoms with Crippen molar-refractivity contribution in [2.75, 3.05) is 66.6 Å². The molecule has 0 aromatic heterocycles. The van der Waals surface area contributed by atoms with Crippen molar-refractivity contribution in [2.45, 2.75) is 19.1 Å². The molecule has 9 heteroatoms. The Bertz CT molecular complexity index is 1020. The number of morpholine rings is 1. The SMILES string of the molecule is COc1ccc(C(=O)N2CCCN(CC3CN(C(=O)NCc4ccccc4)CCO3)CC2)cc1OC. The number of carbonyl (C=O) groups is 2. The fourth-order valence-electron chi connectivity index (χ4n) is 4.70. The average molecular weight is 497 g/mol. The van der Waals surface area contributed by atoms with Crippen molar-refractivity contribution in [3.05, 3.63) is 59.7 Å². The standard InChI is InChI=1S/C27H36N4O5/c1-34-24-10-9-22(17-25(24)35-2)26(32)30-12-6-11-29(13-14-30)19-23-20-31(15-16-36-23)27(33)28-18-21-7-4-3-5-8-21/h3-5,7-10,17,23H,6,11-16,18-20H2,1-2H3,(H,28,33). The molecule has 2 aromatic rings. The molecule has 194 valence electrons. The van der Waals surface area contributed by atoms with Gasteiger partial charge < -0.3 is 29.3 Å². The van der Waals surface area contributed by atoms with Crippen molar-refractivity contribution < 1.29 is 23.8 Å². The van der Waals surface area contributed by atoms with Gasteiger partial charge in [-0.3, -0.25) is 9.69 Å². The van der Waals surface area contributed by atoms with E-state index in [1.807, 2.05) is 40.1 Å². The fourth-order valence-corrected chi connectivity index (χ4v) is 4.70. The van der Waals surface area contributed by atoms with Crippen molar-refractivity contribution in [3.8, 4) is 11.5 Å². The van der Waals surface area contributed by atoms with Gasteiger partial charge in [-0.25, -0.2) is 4.79 Å². The van der Waals surface area contributed by atoms with E-state index in [2.05, 4.69) is 10.2 Å². The van der Waals surface area contributed by atoms with Gasteiger partial charge in [0.1, 0.15) is 0 Å². The molecule has 0 saturated carbocycles. The molecule has 2 aliphatic rings. The van der Waals surface area contributed by atoms with Crippen LogP contribution in [0.3, 0.4) is 0 Å². The van der Waals surface area contributed by atoms with Crippen molar-refractivity contribution >= 4 is 11.9 Å². The van der Waals surface area contributed by atoms with Gasteiger partial charge in [0.25, 0.3) is 5.91 Å². The minimum atomic E-state index is -0.0605. The summed E-state index contributed by atoms with van der Waals surface area (Å²) in [5.41, 5.74) is 1.67. The van der Waals surface area contributed by atoms with Crippen LogP contribution in [0, 0.1) is 0 Å². The lowest BCUT2D eigenvalue weighted by Gasteiger charge is -2.35. The summed E-state index contributed by atoms with van der Waals surface area (Å²) in [5.74, 6) is 1.14. The summed E-state index contributed by atoms with van der Waals surface area (Å²) in [4.78, 5) is 31.9. The highest BCUT2D eigenvalue weighted by Crippen LogP contribution is 2.28. The number of nitrogens with one attached hydrogen (secondary N) is 1. The summed E-state index contributed by atoms with van der Waals surface area (Å²) in [6.45, 7) is 5.91. The molecule has 9 nitrogen and oxygen atoms in total. The van der Waals surface area contributed by atoms with E-state index < -0.39 is 0 Å². The van der Waals surface area contributed by atoms with Gasteiger partial charge in [0.2, 0.25) is 0 Å². The quantitative estimate of drug-likeness (QED) is 0.634. The molecule has 0 spiro atoms. The maximum Gasteiger partial charge on any atom is 0.317 e. The van der Waals surface area contributed by atoms with E-state index in [0.29, 0.717) is 56.4 Å². The van der Waals surface area contributed by atoms with E-state index in [1.165, 1.54) is 0 Å². The van der Waals surface area contributed by atoms with Crippen LogP contribution >= 0.6 is 0 Å². The lowest BCUT2D eigenvalue weighted by molar-refractivity contribution is -0.0299. The molecule has 0 bridgehead atoms. The van der Waals surface area contributed by atoms with E-state index >= 15 is 0 Å². The highest BCUT2D eigenvalue weighted by molar-refractivity contribution is 5.95. The molecule has 1 unspecified atom stereocenters. The molecule has 2 heterocycles. The Morgan fingerprint density at radius 3 is 2.53 bits per heavy atom. The third-order valence-electron chi connectivity index (χ3n) is 6.68. The maximum absolute atomic E-state index is 13.1. The summed E-state index contributed by atoms with van der Waals surface area (Å²) in [7, 11) is 3.15. The van der Waals surface area contributed by atoms with Crippen LogP contribution in [0.25, 0.3) is 0 Å². The summed E-state index contributed by atoms with van der Waals surface area (Å²) < 4.78 is 16.6. The van der Waals surface area contributed by atoms with E-state index in [0.717, 1.165) is 31.6 Å². The molecule has 2 fully saturated rings. The molecule has 2 saturated heterocycles. The normalized spacial score (nSPS) is 18.9. The summed E-state index contributed by atoms with van der Waals surface area (Å²) in [5, 5.41) is 3.01. The number of hydrogen-bond donors (Lipinski definition) is 1. The van der Waals surface area contributed by atoms with Crippen LogP contribution in [0.1, 0.15) is 22.3 Å². The number of benzene rings is 2. The van der Waals surface area contributed by atoms with Gasteiger partial charge in [0.15, 0.2) is 11.5 Å². The Labute approximate surface area is 212 Å². The monoisotopic (exact) mass is 496 g/mol. The second-order valence-corrected chi connectivity index (χ2v) is 9.10. The van der Waals surface area contributed by atoms with Crippen LogP contribution in [-0.4, -0.2) is 99.4 Å². The Balaban J connectivity index is 1.26. The van der Waals surface area contributed by atoms with Crippen LogP contribution in [0.5, 0.6) is 11.5 Å². The van der Waals surface area contributed by atoms with Gasteiger partial charge >= 0.3 is 6.03 Å². The lowest BCUT2D eigenvalue weighted by atomic mass is 10.1. The second kappa shape index (κ2) is 12.6. The Kier molecular flexibility index (Phi) is 9.02. The van der Waals surface area contributed by atoms with E-state index in [9.17, 15) is 9.59 Å². The van der Waals surface area contributed by atoms with Gasteiger partial charge in [-0.15, -0.1) is 0 Å². The fraction of sp³-hybridized carbons (Fsp3) is 0.481. The number of ether oxygens (including phenoxy) is 3. The predicted octanol–water partition coefficient (Wildman–Crippen LogP) is 2.46. The predicted molar refractivity (Wildman–Crippen MR) is 136 cm³/mol. The first-order valence-electron chi connectivity index (χ1n) is 12.5. The average Bonchev–Trinajstić information content (AvgIpc) is 3.17. The van der Waals surface area contributed by atoms with Gasteiger partial charge in [-0.1, -0.05) is 30.3 Å². The summed E-state index contributed by atoms with van der Waals surface area (Å²) in [6, 6.07) is 15.1. The minimum Gasteiger partial charge on any atom is -0.493 e. The topological polar surface area (TPSA) is 83.6 Å². The largest absolute Gasteiger partial charge is 0.493 e. The van der Waals surface area contributed by atoms with Crippen molar-refractivity contribution in [3.63, 3.8) is 0 Å². The van der Waals surface area contributed by atoms with Crippen LogP contribution in [0.15, 0.2) is 48.5 Å². The molecule has 1 atom stereocenters. The van der Waals surface area contributed by atoms with Crippen molar-refractivity contribution in [2.24, 2.45) is 0 Å². The lowest BCUT2D eigenvalue weighted by Crippen LogP contribution is -2.52. The third-order valence-corrected chi connectivity index (χ3v) is 6.68. The molecular weight excluding hydrogens is 460 g/mol. The molecule has 1 N–H and O–H groups in total. The minimum absolute atomic E-state index is 0.00650. The number of carbonyl (C=O) groups excluding carboxylic acids is 2. The van der Waals surface area contributed by atoms with Gasteiger partial charge in [0.05, 0.1) is 26.9 Å². The molecule has 2 aromatic carbocycles. The zero-order valence-electron chi connectivity index (χ0n) is 21.2. The number of rotatable bonds is 7. The Morgan fingerprint density at radius 1 is 0.944 bits per heavy atom. The molecular formula is C27H36N4O5. The first-order chi connectivity index (χ1) is 17.6. The highest BCUT2D eigenvalue weighted by atomic mass is 16.5. The molecule has 3 amide bonds. The van der Waals surface area contributed by atoms with Gasteiger partial charge in [-0.2, -0.15) is 0 Å². The zero-order chi connectivity index (χ0) is 25.3. The third kappa shape index (κ3) is 6.67. The smallest absolute Gasteiger partial charge is 0.317 e. The number of hydrogen-bond acceptors (Lipinski definition) is 6. The highest BCUT2D eigenvalue weighted by Gasteiger charge is 2.27. The van der Waals surface area contributed by atoms with Crippen LogP contribution in [-0.2, 0) is 11.3 Å². The number of urea groups is 1. The maximum atomic E-state index is 13.1. The molecule has 4 rings (SSSR count). The number of amides is 3. The Hall–Kier alpha value is -3.30. The zero-order valence-corrected chi connectivity index (χ0v) is 21.2. The summed E-state index contributed by atoms with van der Waals surface area (Å²) in [6.07, 6.45) is 0.835. The number of methoxy groups -OCH3 is 2. The summed E-state index contributed by atoms with van der Waals surface area (Å²) >= 11 is 0. The Morgan fingerprint density at radius 2 is 1.75 bits per heavy atom. The molecule has 2 aliphatic heterocycles. The van der Waals surface area contributed by atoms with Crippen molar-refractivity contribution in [1.82, 2.24) is 20.0 Å². The second-order valence-electron chi connectivity index (χ2n) is 9.10. The number of nitrogens with zero attached hydrogens (tertiary/aromatic N) is 3. The van der Waals surface area contributed by atoms with Crippen molar-refractivity contribution in [1.29, 1.82) is 0 Å². The molecule has 36 heavy (non-hydrogen) atoms. The van der Waals surface area contributed by atoms with Gasteiger partial charge in [0, 0.05) is 51.4 Å².